The van der Waals surface area contributed by atoms with E-state index in [0.29, 0.717) is 12.6 Å². The van der Waals surface area contributed by atoms with Crippen LogP contribution in [-0.4, -0.2) is 30.8 Å². The van der Waals surface area contributed by atoms with Gasteiger partial charge < -0.3 is 15.3 Å². The van der Waals surface area contributed by atoms with Crippen molar-refractivity contribution in [3.63, 3.8) is 0 Å². The quantitative estimate of drug-likeness (QED) is 0.720. The van der Waals surface area contributed by atoms with E-state index in [-0.39, 0.29) is 6.61 Å². The molecule has 0 amide bonds. The van der Waals surface area contributed by atoms with Crippen LogP contribution in [0, 0.1) is 0 Å². The van der Waals surface area contributed by atoms with Gasteiger partial charge in [0.1, 0.15) is 0 Å². The molecule has 0 radical (unpaired) electrons. The molecule has 0 heterocycles. The van der Waals surface area contributed by atoms with E-state index in [4.69, 9.17) is 0 Å². The summed E-state index contributed by atoms with van der Waals surface area (Å²) in [6.07, 6.45) is 2.31. The van der Waals surface area contributed by atoms with Gasteiger partial charge >= 0.3 is 0 Å². The first-order valence-electron chi connectivity index (χ1n) is 7.46. The molecular formula is C16H27BrN2O. The van der Waals surface area contributed by atoms with Crippen molar-refractivity contribution in [1.82, 2.24) is 5.32 Å². The molecule has 3 nitrogen and oxygen atoms in total. The zero-order chi connectivity index (χ0) is 15.0. The van der Waals surface area contributed by atoms with Gasteiger partial charge in [0.05, 0.1) is 6.61 Å². The minimum absolute atomic E-state index is 0.191. The number of aliphatic hydroxyl groups excluding tert-OH is 1. The molecule has 1 aromatic rings. The van der Waals surface area contributed by atoms with E-state index in [0.717, 1.165) is 30.4 Å². The van der Waals surface area contributed by atoms with Crippen LogP contribution in [0.3, 0.4) is 0 Å². The highest BCUT2D eigenvalue weighted by Crippen LogP contribution is 2.25. The van der Waals surface area contributed by atoms with Crippen LogP contribution in [-0.2, 0) is 6.54 Å². The summed E-state index contributed by atoms with van der Waals surface area (Å²) < 4.78 is 1.10. The van der Waals surface area contributed by atoms with Crippen LogP contribution in [0.5, 0.6) is 0 Å². The summed E-state index contributed by atoms with van der Waals surface area (Å²) in [7, 11) is 0. The number of nitrogens with one attached hydrogen (secondary N) is 1. The maximum atomic E-state index is 9.29. The maximum absolute atomic E-state index is 9.29. The van der Waals surface area contributed by atoms with E-state index in [1.807, 2.05) is 0 Å². The van der Waals surface area contributed by atoms with Gasteiger partial charge in [0.15, 0.2) is 0 Å². The molecule has 4 heteroatoms. The summed E-state index contributed by atoms with van der Waals surface area (Å²) in [6.45, 7) is 9.22. The lowest BCUT2D eigenvalue weighted by molar-refractivity contribution is 0.301. The van der Waals surface area contributed by atoms with Crippen molar-refractivity contribution in [2.24, 2.45) is 0 Å². The predicted octanol–water partition coefficient (Wildman–Crippen LogP) is 3.55. The summed E-state index contributed by atoms with van der Waals surface area (Å²) in [5, 5.41) is 12.8. The van der Waals surface area contributed by atoms with Crippen molar-refractivity contribution < 1.29 is 5.11 Å². The lowest BCUT2D eigenvalue weighted by Crippen LogP contribution is -2.30. The summed E-state index contributed by atoms with van der Waals surface area (Å²) in [6, 6.07) is 6.85. The SMILES string of the molecule is CCCCN(CCO)c1ccc(Br)cc1CNC(C)C. The third-order valence-corrected chi connectivity index (χ3v) is 3.73. The number of aliphatic hydroxyl groups is 1. The van der Waals surface area contributed by atoms with Crippen LogP contribution < -0.4 is 10.2 Å². The first kappa shape index (κ1) is 17.5. The molecule has 0 aliphatic carbocycles. The Morgan fingerprint density at radius 2 is 2.05 bits per heavy atom. The molecule has 0 fully saturated rings. The maximum Gasteiger partial charge on any atom is 0.0606 e. The number of hydrogen-bond donors (Lipinski definition) is 2. The monoisotopic (exact) mass is 342 g/mol. The average molecular weight is 343 g/mol. The van der Waals surface area contributed by atoms with Gasteiger partial charge in [0.25, 0.3) is 0 Å². The van der Waals surface area contributed by atoms with Crippen LogP contribution in [0.1, 0.15) is 39.2 Å². The van der Waals surface area contributed by atoms with E-state index in [9.17, 15) is 5.11 Å². The van der Waals surface area contributed by atoms with Gasteiger partial charge in [-0.05, 0) is 30.2 Å². The van der Waals surface area contributed by atoms with Gasteiger partial charge in [-0.1, -0.05) is 43.1 Å². The highest BCUT2D eigenvalue weighted by Gasteiger charge is 2.11. The van der Waals surface area contributed by atoms with Crippen LogP contribution in [0.2, 0.25) is 0 Å². The normalized spacial score (nSPS) is 11.1. The van der Waals surface area contributed by atoms with E-state index >= 15 is 0 Å². The van der Waals surface area contributed by atoms with Gasteiger partial charge in [0, 0.05) is 35.8 Å². The van der Waals surface area contributed by atoms with Crippen molar-refractivity contribution in [3.8, 4) is 0 Å². The smallest absolute Gasteiger partial charge is 0.0606 e. The number of rotatable bonds is 9. The third kappa shape index (κ3) is 5.81. The summed E-state index contributed by atoms with van der Waals surface area (Å²) in [4.78, 5) is 2.28. The lowest BCUT2D eigenvalue weighted by atomic mass is 10.1. The zero-order valence-electron chi connectivity index (χ0n) is 12.8. The lowest BCUT2D eigenvalue weighted by Gasteiger charge is -2.27. The first-order valence-corrected chi connectivity index (χ1v) is 8.25. The molecule has 2 N–H and O–H groups in total. The number of anilines is 1. The second-order valence-electron chi connectivity index (χ2n) is 5.37. The van der Waals surface area contributed by atoms with Crippen LogP contribution >= 0.6 is 15.9 Å². The van der Waals surface area contributed by atoms with Gasteiger partial charge in [-0.2, -0.15) is 0 Å². The molecule has 0 spiro atoms. The zero-order valence-corrected chi connectivity index (χ0v) is 14.4. The predicted molar refractivity (Wildman–Crippen MR) is 90.3 cm³/mol. The molecule has 0 atom stereocenters. The molecule has 20 heavy (non-hydrogen) atoms. The Hall–Kier alpha value is -0.580. The molecule has 0 unspecified atom stereocenters. The fourth-order valence-electron chi connectivity index (χ4n) is 2.14. The minimum Gasteiger partial charge on any atom is -0.395 e. The molecule has 0 bridgehead atoms. The second kappa shape index (κ2) is 9.37. The van der Waals surface area contributed by atoms with Crippen LogP contribution in [0.15, 0.2) is 22.7 Å². The van der Waals surface area contributed by atoms with Crippen molar-refractivity contribution in [2.45, 2.75) is 46.2 Å². The fraction of sp³-hybridized carbons (Fsp3) is 0.625. The first-order chi connectivity index (χ1) is 9.58. The number of unbranched alkanes of at least 4 members (excludes halogenated alkanes) is 1. The molecule has 0 aliphatic rings. The van der Waals surface area contributed by atoms with Crippen LogP contribution in [0.4, 0.5) is 5.69 Å². The molecule has 1 aromatic carbocycles. The fourth-order valence-corrected chi connectivity index (χ4v) is 2.55. The van der Waals surface area contributed by atoms with E-state index in [1.54, 1.807) is 0 Å². The molecule has 1 rings (SSSR count). The molecule has 0 aliphatic heterocycles. The molecule has 0 saturated heterocycles. The van der Waals surface area contributed by atoms with E-state index in [1.165, 1.54) is 11.3 Å². The number of halogens is 1. The Balaban J connectivity index is 2.92. The molecule has 114 valence electrons. The summed E-state index contributed by atoms with van der Waals surface area (Å²) in [5.41, 5.74) is 2.50. The van der Waals surface area contributed by atoms with E-state index < -0.39 is 0 Å². The Bertz CT molecular complexity index is 396. The summed E-state index contributed by atoms with van der Waals surface area (Å²) >= 11 is 3.55. The molecule has 0 aromatic heterocycles. The number of nitrogens with zero attached hydrogens (tertiary/aromatic N) is 1. The van der Waals surface area contributed by atoms with Crippen molar-refractivity contribution in [2.75, 3.05) is 24.6 Å². The second-order valence-corrected chi connectivity index (χ2v) is 6.29. The summed E-state index contributed by atoms with van der Waals surface area (Å²) in [5.74, 6) is 0. The number of hydrogen-bond acceptors (Lipinski definition) is 3. The van der Waals surface area contributed by atoms with Gasteiger partial charge in [-0.25, -0.2) is 0 Å². The van der Waals surface area contributed by atoms with E-state index in [2.05, 4.69) is 65.1 Å². The molecule has 0 saturated carbocycles. The Labute approximate surface area is 131 Å². The third-order valence-electron chi connectivity index (χ3n) is 3.23. The van der Waals surface area contributed by atoms with Crippen molar-refractivity contribution in [3.05, 3.63) is 28.2 Å². The minimum atomic E-state index is 0.191. The van der Waals surface area contributed by atoms with Gasteiger partial charge in [0.2, 0.25) is 0 Å². The Morgan fingerprint density at radius 3 is 2.65 bits per heavy atom. The largest absolute Gasteiger partial charge is 0.395 e. The standard InChI is InChI=1S/C16H27BrN2O/c1-4-5-8-19(9-10-20)16-7-6-15(17)11-14(16)12-18-13(2)3/h6-7,11,13,18,20H,4-5,8-10,12H2,1-3H3. The van der Waals surface area contributed by atoms with Crippen molar-refractivity contribution >= 4 is 21.6 Å². The average Bonchev–Trinajstić information content (AvgIpc) is 2.41. The van der Waals surface area contributed by atoms with Gasteiger partial charge in [-0.3, -0.25) is 0 Å². The molecular weight excluding hydrogens is 316 g/mol. The Morgan fingerprint density at radius 1 is 1.30 bits per heavy atom. The highest BCUT2D eigenvalue weighted by atomic mass is 79.9. The van der Waals surface area contributed by atoms with Gasteiger partial charge in [-0.15, -0.1) is 0 Å². The topological polar surface area (TPSA) is 35.5 Å². The van der Waals surface area contributed by atoms with Crippen LogP contribution in [0.25, 0.3) is 0 Å². The highest BCUT2D eigenvalue weighted by molar-refractivity contribution is 9.10. The Kier molecular flexibility index (Phi) is 8.19. The van der Waals surface area contributed by atoms with Crippen molar-refractivity contribution in [1.29, 1.82) is 0 Å². The number of benzene rings is 1.